The van der Waals surface area contributed by atoms with Gasteiger partial charge in [0, 0.05) is 10.0 Å². The molecule has 0 aliphatic rings. The summed E-state index contributed by atoms with van der Waals surface area (Å²) in [4.78, 5) is 18.5. The van der Waals surface area contributed by atoms with Gasteiger partial charge >= 0.3 is 0 Å². The van der Waals surface area contributed by atoms with Crippen LogP contribution < -0.4 is 15.0 Å². The Balaban J connectivity index is 2.01. The maximum absolute atomic E-state index is 13.7. The van der Waals surface area contributed by atoms with Gasteiger partial charge in [0.15, 0.2) is 0 Å². The number of halogens is 1. The molecule has 3 aromatic carbocycles. The lowest BCUT2D eigenvalue weighted by atomic mass is 10.0. The molecular formula is C25H23BrN2O4. The fourth-order valence-electron chi connectivity index (χ4n) is 3.77. The highest BCUT2D eigenvalue weighted by molar-refractivity contribution is 9.10. The lowest BCUT2D eigenvalue weighted by Gasteiger charge is -2.17. The molecule has 0 bridgehead atoms. The molecule has 0 aliphatic carbocycles. The summed E-state index contributed by atoms with van der Waals surface area (Å²) in [5, 5.41) is 9.59. The van der Waals surface area contributed by atoms with Gasteiger partial charge in [0.2, 0.25) is 0 Å². The Morgan fingerprint density at radius 2 is 1.72 bits per heavy atom. The minimum atomic E-state index is -0.179. The molecule has 4 aromatic rings. The molecule has 4 rings (SSSR count). The van der Waals surface area contributed by atoms with Crippen molar-refractivity contribution >= 4 is 26.8 Å². The zero-order valence-electron chi connectivity index (χ0n) is 18.1. The molecule has 1 heterocycles. The topological polar surface area (TPSA) is 73.6 Å². The molecule has 0 unspecified atom stereocenters. The highest BCUT2D eigenvalue weighted by atomic mass is 79.9. The first-order valence-electron chi connectivity index (χ1n) is 10.1. The van der Waals surface area contributed by atoms with Gasteiger partial charge in [-0.3, -0.25) is 9.36 Å². The number of benzene rings is 3. The van der Waals surface area contributed by atoms with Crippen molar-refractivity contribution in [1.29, 1.82) is 0 Å². The maximum Gasteiger partial charge on any atom is 0.266 e. The smallest absolute Gasteiger partial charge is 0.266 e. The minimum absolute atomic E-state index is 0.0561. The molecule has 0 atom stereocenters. The molecule has 0 radical (unpaired) electrons. The molecular weight excluding hydrogens is 472 g/mol. The summed E-state index contributed by atoms with van der Waals surface area (Å²) < 4.78 is 13.6. The normalized spacial score (nSPS) is 11.0. The fourth-order valence-corrected chi connectivity index (χ4v) is 4.03. The van der Waals surface area contributed by atoms with Crippen LogP contribution >= 0.6 is 15.9 Å². The number of hydrogen-bond donors (Lipinski definition) is 1. The average molecular weight is 495 g/mol. The third kappa shape index (κ3) is 4.13. The summed E-state index contributed by atoms with van der Waals surface area (Å²) in [5.74, 6) is 1.87. The van der Waals surface area contributed by atoms with E-state index in [4.69, 9.17) is 19.6 Å². The van der Waals surface area contributed by atoms with Gasteiger partial charge in [-0.1, -0.05) is 15.9 Å². The SMILES string of the molecule is COc1ccc2nc(-c3cc(C)c(OCCO)c(C)c3)n(-c3ccc(Br)cc3)c(=O)c2c1. The van der Waals surface area contributed by atoms with Gasteiger partial charge in [-0.2, -0.15) is 0 Å². The van der Waals surface area contributed by atoms with Crippen LogP contribution in [-0.2, 0) is 0 Å². The summed E-state index contributed by atoms with van der Waals surface area (Å²) in [5.41, 5.74) is 3.73. The highest BCUT2D eigenvalue weighted by Gasteiger charge is 2.17. The quantitative estimate of drug-likeness (QED) is 0.416. The van der Waals surface area contributed by atoms with Crippen molar-refractivity contribution in [3.8, 4) is 28.6 Å². The molecule has 7 heteroatoms. The standard InChI is InChI=1S/C25H23BrN2O4/c1-15-12-17(13-16(2)23(15)32-11-10-29)24-27-22-9-8-20(31-3)14-21(22)25(30)28(24)19-6-4-18(26)5-7-19/h4-9,12-14,29H,10-11H2,1-3H3. The lowest BCUT2D eigenvalue weighted by Crippen LogP contribution is -2.22. The van der Waals surface area contributed by atoms with Gasteiger partial charge in [0.25, 0.3) is 5.56 Å². The molecule has 0 saturated heterocycles. The Kier molecular flexibility index (Phi) is 6.30. The minimum Gasteiger partial charge on any atom is -0.497 e. The second-order valence-corrected chi connectivity index (χ2v) is 8.36. The van der Waals surface area contributed by atoms with E-state index in [1.807, 2.05) is 50.2 Å². The number of aliphatic hydroxyl groups excluding tert-OH is 1. The van der Waals surface area contributed by atoms with Gasteiger partial charge in [-0.05, 0) is 79.6 Å². The Bertz CT molecular complexity index is 1320. The van der Waals surface area contributed by atoms with Gasteiger partial charge in [0.1, 0.15) is 23.9 Å². The van der Waals surface area contributed by atoms with Crippen LogP contribution in [0.15, 0.2) is 63.9 Å². The second kappa shape index (κ2) is 9.14. The molecule has 0 aliphatic heterocycles. The van der Waals surface area contributed by atoms with Gasteiger partial charge < -0.3 is 14.6 Å². The summed E-state index contributed by atoms with van der Waals surface area (Å²) in [6.45, 7) is 4.05. The van der Waals surface area contributed by atoms with Crippen molar-refractivity contribution in [1.82, 2.24) is 9.55 Å². The molecule has 0 saturated carbocycles. The van der Waals surface area contributed by atoms with Crippen molar-refractivity contribution in [2.45, 2.75) is 13.8 Å². The predicted octanol–water partition coefficient (Wildman–Crippen LogP) is 4.81. The Labute approximate surface area is 194 Å². The van der Waals surface area contributed by atoms with Crippen LogP contribution in [-0.4, -0.2) is 35.0 Å². The summed E-state index contributed by atoms with van der Waals surface area (Å²) in [6.07, 6.45) is 0. The summed E-state index contributed by atoms with van der Waals surface area (Å²) in [6, 6.07) is 16.7. The van der Waals surface area contributed by atoms with E-state index in [9.17, 15) is 4.79 Å². The number of methoxy groups -OCH3 is 1. The largest absolute Gasteiger partial charge is 0.497 e. The molecule has 6 nitrogen and oxygen atoms in total. The van der Waals surface area contributed by atoms with Crippen LogP contribution in [0.5, 0.6) is 11.5 Å². The molecule has 0 spiro atoms. The van der Waals surface area contributed by atoms with Crippen LogP contribution in [0.1, 0.15) is 11.1 Å². The number of fused-ring (bicyclic) bond motifs is 1. The number of ether oxygens (including phenoxy) is 2. The zero-order chi connectivity index (χ0) is 22.8. The number of aliphatic hydroxyl groups is 1. The van der Waals surface area contributed by atoms with Crippen LogP contribution in [0.25, 0.3) is 28.0 Å². The third-order valence-electron chi connectivity index (χ3n) is 5.22. The van der Waals surface area contributed by atoms with Crippen LogP contribution in [0.3, 0.4) is 0 Å². The van der Waals surface area contributed by atoms with E-state index in [0.29, 0.717) is 28.2 Å². The second-order valence-electron chi connectivity index (χ2n) is 7.45. The molecule has 0 amide bonds. The third-order valence-corrected chi connectivity index (χ3v) is 5.75. The zero-order valence-corrected chi connectivity index (χ0v) is 19.6. The van der Waals surface area contributed by atoms with Crippen LogP contribution in [0, 0.1) is 13.8 Å². The highest BCUT2D eigenvalue weighted by Crippen LogP contribution is 2.31. The van der Waals surface area contributed by atoms with Crippen LogP contribution in [0.4, 0.5) is 0 Å². The van der Waals surface area contributed by atoms with E-state index in [-0.39, 0.29) is 18.8 Å². The monoisotopic (exact) mass is 494 g/mol. The Morgan fingerprint density at radius 3 is 2.34 bits per heavy atom. The molecule has 1 N–H and O–H groups in total. The average Bonchev–Trinajstić information content (AvgIpc) is 2.79. The van der Waals surface area contributed by atoms with Crippen molar-refractivity contribution in [3.63, 3.8) is 0 Å². The van der Waals surface area contributed by atoms with E-state index in [0.717, 1.165) is 26.9 Å². The van der Waals surface area contributed by atoms with Gasteiger partial charge in [0.05, 0.1) is 30.3 Å². The first-order valence-corrected chi connectivity index (χ1v) is 10.9. The summed E-state index contributed by atoms with van der Waals surface area (Å²) in [7, 11) is 1.57. The van der Waals surface area contributed by atoms with E-state index >= 15 is 0 Å². The number of rotatable bonds is 6. The number of hydrogen-bond acceptors (Lipinski definition) is 5. The van der Waals surface area contributed by atoms with Gasteiger partial charge in [-0.15, -0.1) is 0 Å². The summed E-state index contributed by atoms with van der Waals surface area (Å²) >= 11 is 3.46. The predicted molar refractivity (Wildman–Crippen MR) is 129 cm³/mol. The van der Waals surface area contributed by atoms with Crippen molar-refractivity contribution in [2.75, 3.05) is 20.3 Å². The van der Waals surface area contributed by atoms with Crippen molar-refractivity contribution in [3.05, 3.63) is 80.6 Å². The molecule has 164 valence electrons. The molecule has 0 fully saturated rings. The fraction of sp³-hybridized carbons (Fsp3) is 0.200. The number of aryl methyl sites for hydroxylation is 2. The van der Waals surface area contributed by atoms with E-state index in [2.05, 4.69) is 15.9 Å². The number of nitrogens with zero attached hydrogens (tertiary/aromatic N) is 2. The first-order chi connectivity index (χ1) is 15.4. The van der Waals surface area contributed by atoms with Crippen LogP contribution in [0.2, 0.25) is 0 Å². The molecule has 32 heavy (non-hydrogen) atoms. The number of aromatic nitrogens is 2. The van der Waals surface area contributed by atoms with Crippen molar-refractivity contribution < 1.29 is 14.6 Å². The van der Waals surface area contributed by atoms with Gasteiger partial charge in [-0.25, -0.2) is 4.98 Å². The Hall–Kier alpha value is -3.16. The maximum atomic E-state index is 13.7. The van der Waals surface area contributed by atoms with Crippen molar-refractivity contribution in [2.24, 2.45) is 0 Å². The van der Waals surface area contributed by atoms with E-state index in [1.54, 1.807) is 29.9 Å². The first kappa shape index (κ1) is 22.0. The van der Waals surface area contributed by atoms with E-state index in [1.165, 1.54) is 0 Å². The van der Waals surface area contributed by atoms with E-state index < -0.39 is 0 Å². The molecule has 1 aromatic heterocycles. The Morgan fingerprint density at radius 1 is 1.03 bits per heavy atom. The lowest BCUT2D eigenvalue weighted by molar-refractivity contribution is 0.200.